The molecule has 0 saturated carbocycles. The summed E-state index contributed by atoms with van der Waals surface area (Å²) in [6.45, 7) is 4.35. The molecule has 2 atom stereocenters. The van der Waals surface area contributed by atoms with Gasteiger partial charge >= 0.3 is 19.5 Å². The molecular formula is C14H26N2O4Zn. The summed E-state index contributed by atoms with van der Waals surface area (Å²) in [5.41, 5.74) is 0. The van der Waals surface area contributed by atoms with E-state index in [-0.39, 0.29) is 19.5 Å². The van der Waals surface area contributed by atoms with E-state index < -0.39 is 11.9 Å². The first-order chi connectivity index (χ1) is 9.43. The number of nitrogens with zero attached hydrogens (tertiary/aromatic N) is 2. The molecule has 0 bridgehead atoms. The van der Waals surface area contributed by atoms with E-state index in [9.17, 15) is 0 Å². The fourth-order valence-corrected chi connectivity index (χ4v) is 2.26. The summed E-state index contributed by atoms with van der Waals surface area (Å²) in [5, 5.41) is 24.2. The molecule has 0 aromatic rings. The van der Waals surface area contributed by atoms with Crippen LogP contribution in [0.5, 0.6) is 0 Å². The van der Waals surface area contributed by atoms with Gasteiger partial charge in [-0.25, -0.2) is 0 Å². The summed E-state index contributed by atoms with van der Waals surface area (Å²) in [4.78, 5) is 18.0. The van der Waals surface area contributed by atoms with Crippen LogP contribution in [0.3, 0.4) is 0 Å². The molecule has 21 heavy (non-hydrogen) atoms. The Labute approximate surface area is 139 Å². The number of rotatable bonds is 1. The Bertz CT molecular complexity index is 242. The summed E-state index contributed by atoms with van der Waals surface area (Å²) in [7, 11) is 0. The van der Waals surface area contributed by atoms with E-state index in [2.05, 4.69) is 10.6 Å². The van der Waals surface area contributed by atoms with Gasteiger partial charge in [-0.3, -0.25) is 9.59 Å². The van der Waals surface area contributed by atoms with Gasteiger partial charge in [0.15, 0.2) is 0 Å². The number of piperidine rings is 2. The molecule has 2 heterocycles. The molecule has 6 nitrogen and oxygen atoms in total. The van der Waals surface area contributed by atoms with Gasteiger partial charge in [0, 0.05) is 13.8 Å². The zero-order valence-corrected chi connectivity index (χ0v) is 16.1. The molecule has 2 aliphatic rings. The minimum Gasteiger partial charge on any atom is -0.661 e. The number of carboxylic acid groups (broad SMARTS) is 2. The van der Waals surface area contributed by atoms with Crippen molar-refractivity contribution in [1.29, 1.82) is 0 Å². The Kier molecular flexibility index (Phi) is 15.6. The fourth-order valence-electron chi connectivity index (χ4n) is 2.26. The molecule has 118 valence electrons. The van der Waals surface area contributed by atoms with Crippen LogP contribution in [0.4, 0.5) is 0 Å². The van der Waals surface area contributed by atoms with E-state index in [0.717, 1.165) is 26.9 Å². The Morgan fingerprint density at radius 3 is 1.29 bits per heavy atom. The summed E-state index contributed by atoms with van der Waals surface area (Å²) >= 11 is 0. The molecule has 2 rings (SSSR count). The van der Waals surface area contributed by atoms with Crippen LogP contribution < -0.4 is 0 Å². The second-order valence-electron chi connectivity index (χ2n) is 4.98. The van der Waals surface area contributed by atoms with Crippen LogP contribution in [0, 0.1) is 0 Å². The Balaban J connectivity index is 0. The topological polar surface area (TPSA) is 103 Å². The predicted molar refractivity (Wildman–Crippen MR) is 78.3 cm³/mol. The first-order valence-corrected chi connectivity index (χ1v) is 7.15. The van der Waals surface area contributed by atoms with Crippen LogP contribution in [0.1, 0.15) is 52.4 Å². The molecule has 2 fully saturated rings. The minimum absolute atomic E-state index is 0. The molecule has 2 saturated heterocycles. The van der Waals surface area contributed by atoms with Crippen molar-refractivity contribution < 1.29 is 39.3 Å². The van der Waals surface area contributed by atoms with Gasteiger partial charge in [0.25, 0.3) is 11.9 Å². The zero-order chi connectivity index (χ0) is 15.4. The van der Waals surface area contributed by atoms with Gasteiger partial charge in [0.05, 0.1) is 0 Å². The zero-order valence-electron chi connectivity index (χ0n) is 13.1. The Hall–Kier alpha value is -0.517. The normalized spacial score (nSPS) is 24.1. The SMILES string of the molecule is C1CCC(C2CCCC[N-]2)[N-]C1.CC(=O)O.CC(=O)O.[Zn+2]. The van der Waals surface area contributed by atoms with E-state index in [0.29, 0.717) is 12.1 Å². The molecule has 0 aromatic carbocycles. The van der Waals surface area contributed by atoms with Crippen LogP contribution in [0.25, 0.3) is 10.6 Å². The third-order valence-electron chi connectivity index (χ3n) is 2.99. The van der Waals surface area contributed by atoms with E-state index >= 15 is 0 Å². The van der Waals surface area contributed by atoms with Crippen LogP contribution >= 0.6 is 0 Å². The number of aliphatic carboxylic acids is 2. The molecule has 2 N–H and O–H groups in total. The fraction of sp³-hybridized carbons (Fsp3) is 0.857. The van der Waals surface area contributed by atoms with Gasteiger partial charge in [-0.2, -0.15) is 12.1 Å². The molecule has 0 spiro atoms. The van der Waals surface area contributed by atoms with Gasteiger partial charge in [-0.15, -0.1) is 13.1 Å². The maximum absolute atomic E-state index is 9.00. The van der Waals surface area contributed by atoms with E-state index in [1.54, 1.807) is 0 Å². The van der Waals surface area contributed by atoms with Crippen molar-refractivity contribution in [2.45, 2.75) is 64.5 Å². The summed E-state index contributed by atoms with van der Waals surface area (Å²) in [6, 6.07) is 1.19. The predicted octanol–water partition coefficient (Wildman–Crippen LogP) is 3.02. The molecule has 0 aromatic heterocycles. The largest absolute Gasteiger partial charge is 2.00 e. The standard InChI is InChI=1S/C10H18N2.2C2H4O2.Zn/c1-3-7-11-9(5-1)10-6-2-4-8-12-10;2*1-2(3)4;/h9-10H,1-8H2;2*1H3,(H,3,4);/q-2;;;+2. The molecule has 0 radical (unpaired) electrons. The van der Waals surface area contributed by atoms with Crippen LogP contribution in [0.2, 0.25) is 0 Å². The average molecular weight is 352 g/mol. The monoisotopic (exact) mass is 350 g/mol. The van der Waals surface area contributed by atoms with Crippen molar-refractivity contribution >= 4 is 11.9 Å². The van der Waals surface area contributed by atoms with Crippen LogP contribution in [0.15, 0.2) is 0 Å². The van der Waals surface area contributed by atoms with Crippen molar-refractivity contribution in [3.63, 3.8) is 0 Å². The summed E-state index contributed by atoms with van der Waals surface area (Å²) in [6.07, 6.45) is 7.97. The van der Waals surface area contributed by atoms with Crippen LogP contribution in [-0.2, 0) is 29.1 Å². The maximum Gasteiger partial charge on any atom is 2.00 e. The van der Waals surface area contributed by atoms with Crippen molar-refractivity contribution in [2.75, 3.05) is 13.1 Å². The summed E-state index contributed by atoms with van der Waals surface area (Å²) in [5.74, 6) is -1.67. The van der Waals surface area contributed by atoms with Gasteiger partial charge in [-0.05, 0) is 0 Å². The van der Waals surface area contributed by atoms with Gasteiger partial charge < -0.3 is 20.8 Å². The summed E-state index contributed by atoms with van der Waals surface area (Å²) < 4.78 is 0. The minimum atomic E-state index is -0.833. The van der Waals surface area contributed by atoms with Crippen molar-refractivity contribution in [3.05, 3.63) is 10.6 Å². The number of carboxylic acids is 2. The first-order valence-electron chi connectivity index (χ1n) is 7.15. The van der Waals surface area contributed by atoms with Crippen molar-refractivity contribution in [3.8, 4) is 0 Å². The van der Waals surface area contributed by atoms with Crippen molar-refractivity contribution in [1.82, 2.24) is 0 Å². The number of carbonyl (C=O) groups is 2. The second-order valence-corrected chi connectivity index (χ2v) is 4.98. The molecule has 2 aliphatic heterocycles. The Morgan fingerprint density at radius 2 is 1.10 bits per heavy atom. The number of hydrogen-bond donors (Lipinski definition) is 2. The van der Waals surface area contributed by atoms with Crippen LogP contribution in [-0.4, -0.2) is 47.3 Å². The maximum atomic E-state index is 9.00. The second kappa shape index (κ2) is 14.4. The Morgan fingerprint density at radius 1 is 0.810 bits per heavy atom. The average Bonchev–Trinajstić information content (AvgIpc) is 2.39. The van der Waals surface area contributed by atoms with Gasteiger partial charge in [0.2, 0.25) is 0 Å². The third kappa shape index (κ3) is 15.7. The smallest absolute Gasteiger partial charge is 0.661 e. The molecule has 0 aliphatic carbocycles. The van der Waals surface area contributed by atoms with E-state index in [1.807, 2.05) is 0 Å². The molecular weight excluding hydrogens is 326 g/mol. The molecule has 0 amide bonds. The quantitative estimate of drug-likeness (QED) is 0.708. The van der Waals surface area contributed by atoms with Crippen molar-refractivity contribution in [2.24, 2.45) is 0 Å². The number of hydrogen-bond acceptors (Lipinski definition) is 2. The van der Waals surface area contributed by atoms with Gasteiger partial charge in [-0.1, -0.05) is 38.5 Å². The van der Waals surface area contributed by atoms with E-state index in [4.69, 9.17) is 19.8 Å². The first kappa shape index (κ1) is 22.8. The molecule has 2 unspecified atom stereocenters. The van der Waals surface area contributed by atoms with E-state index in [1.165, 1.54) is 38.5 Å². The molecule has 7 heteroatoms. The third-order valence-corrected chi connectivity index (χ3v) is 2.99. The van der Waals surface area contributed by atoms with Gasteiger partial charge in [0.1, 0.15) is 0 Å².